The first-order valence-electron chi connectivity index (χ1n) is 8.45. The van der Waals surface area contributed by atoms with E-state index < -0.39 is 11.6 Å². The van der Waals surface area contributed by atoms with Crippen LogP contribution in [0.2, 0.25) is 5.02 Å². The minimum atomic E-state index is -0.944. The molecule has 1 saturated heterocycles. The number of hydrogen-bond acceptors (Lipinski definition) is 3. The lowest BCUT2D eigenvalue weighted by Gasteiger charge is -2.23. The molecule has 0 amide bonds. The number of benzene rings is 2. The maximum atomic E-state index is 13.8. The van der Waals surface area contributed by atoms with Gasteiger partial charge in [-0.05, 0) is 37.0 Å². The Morgan fingerprint density at radius 2 is 1.88 bits per heavy atom. The number of aromatic hydroxyl groups is 1. The van der Waals surface area contributed by atoms with Gasteiger partial charge in [0.15, 0.2) is 11.6 Å². The molecule has 1 aliphatic rings. The van der Waals surface area contributed by atoms with Crippen molar-refractivity contribution < 1.29 is 18.6 Å². The van der Waals surface area contributed by atoms with Crippen molar-refractivity contribution in [2.75, 3.05) is 13.2 Å². The second-order valence-corrected chi connectivity index (χ2v) is 6.95. The molecule has 1 aliphatic heterocycles. The minimum Gasteiger partial charge on any atom is -0.507 e. The lowest BCUT2D eigenvalue weighted by Crippen LogP contribution is -2.20. The monoisotopic (exact) mass is 378 g/mol. The Hall–Kier alpha value is -2.18. The van der Waals surface area contributed by atoms with Crippen molar-refractivity contribution in [3.63, 3.8) is 0 Å². The highest BCUT2D eigenvalue weighted by Crippen LogP contribution is 2.35. The molecular formula is C19H17ClF2N2O2. The fourth-order valence-corrected chi connectivity index (χ4v) is 3.56. The molecule has 2 aromatic carbocycles. The summed E-state index contributed by atoms with van der Waals surface area (Å²) in [5, 5.41) is 10.7. The quantitative estimate of drug-likeness (QED) is 0.714. The maximum absolute atomic E-state index is 13.8. The Morgan fingerprint density at radius 3 is 2.62 bits per heavy atom. The predicted molar refractivity (Wildman–Crippen MR) is 95.3 cm³/mol. The number of halogens is 3. The Morgan fingerprint density at radius 1 is 1.15 bits per heavy atom. The summed E-state index contributed by atoms with van der Waals surface area (Å²) in [6.07, 6.45) is 1.77. The summed E-state index contributed by atoms with van der Waals surface area (Å²) in [7, 11) is 0. The highest BCUT2D eigenvalue weighted by Gasteiger charge is 2.22. The summed E-state index contributed by atoms with van der Waals surface area (Å²) in [4.78, 5) is 4.46. The molecule has 1 fully saturated rings. The molecule has 26 heavy (non-hydrogen) atoms. The minimum absolute atomic E-state index is 0.0259. The van der Waals surface area contributed by atoms with Crippen LogP contribution in [0.5, 0.6) is 5.75 Å². The second-order valence-electron chi connectivity index (χ2n) is 6.52. The zero-order chi connectivity index (χ0) is 18.3. The van der Waals surface area contributed by atoms with Crippen LogP contribution >= 0.6 is 11.6 Å². The first kappa shape index (κ1) is 17.2. The van der Waals surface area contributed by atoms with Crippen molar-refractivity contribution >= 4 is 22.6 Å². The fourth-order valence-electron chi connectivity index (χ4n) is 3.39. The topological polar surface area (TPSA) is 47.3 Å². The number of fused-ring (bicyclic) bond motifs is 1. The third kappa shape index (κ3) is 3.15. The Balaban J connectivity index is 1.88. The number of phenolic OH excluding ortho intramolecular Hbond substituents is 1. The lowest BCUT2D eigenvalue weighted by atomic mass is 10.00. The molecule has 0 atom stereocenters. The van der Waals surface area contributed by atoms with E-state index in [0.29, 0.717) is 53.1 Å². The normalized spacial score (nSPS) is 15.7. The van der Waals surface area contributed by atoms with Crippen LogP contribution in [0, 0.1) is 17.6 Å². The lowest BCUT2D eigenvalue weighted by molar-refractivity contribution is 0.0617. The molecule has 0 spiro atoms. The number of hydrogen-bond donors (Lipinski definition) is 1. The van der Waals surface area contributed by atoms with E-state index in [0.717, 1.165) is 25.0 Å². The number of ether oxygens (including phenoxy) is 1. The van der Waals surface area contributed by atoms with Crippen molar-refractivity contribution in [3.05, 3.63) is 47.0 Å². The number of rotatable bonds is 3. The van der Waals surface area contributed by atoms with Gasteiger partial charge in [0.25, 0.3) is 0 Å². The molecule has 0 saturated carbocycles. The molecule has 0 aliphatic carbocycles. The van der Waals surface area contributed by atoms with Crippen LogP contribution in [0.25, 0.3) is 22.4 Å². The number of phenols is 1. The van der Waals surface area contributed by atoms with Gasteiger partial charge in [0.2, 0.25) is 0 Å². The fraction of sp³-hybridized carbons (Fsp3) is 0.316. The predicted octanol–water partition coefficient (Wildman–Crippen LogP) is 4.77. The van der Waals surface area contributed by atoms with E-state index in [9.17, 15) is 13.9 Å². The zero-order valence-corrected chi connectivity index (χ0v) is 14.6. The van der Waals surface area contributed by atoms with Crippen LogP contribution in [0.15, 0.2) is 30.3 Å². The zero-order valence-electron chi connectivity index (χ0n) is 13.9. The molecule has 3 aromatic rings. The van der Waals surface area contributed by atoms with Crippen LogP contribution in [0.3, 0.4) is 0 Å². The molecule has 1 N–H and O–H groups in total. The van der Waals surface area contributed by atoms with E-state index in [4.69, 9.17) is 16.3 Å². The molecule has 0 bridgehead atoms. The van der Waals surface area contributed by atoms with Crippen LogP contribution < -0.4 is 0 Å². The molecule has 4 nitrogen and oxygen atoms in total. The Kier molecular flexibility index (Phi) is 4.54. The third-order valence-corrected chi connectivity index (χ3v) is 5.01. The van der Waals surface area contributed by atoms with Gasteiger partial charge < -0.3 is 14.4 Å². The van der Waals surface area contributed by atoms with Crippen molar-refractivity contribution in [2.45, 2.75) is 19.4 Å². The first-order chi connectivity index (χ1) is 12.5. The third-order valence-electron chi connectivity index (χ3n) is 4.77. The number of aromatic nitrogens is 2. The van der Waals surface area contributed by atoms with Gasteiger partial charge in [-0.3, -0.25) is 0 Å². The molecule has 7 heteroatoms. The summed E-state index contributed by atoms with van der Waals surface area (Å²) in [6.45, 7) is 1.95. The summed E-state index contributed by atoms with van der Waals surface area (Å²) in [6, 6.07) is 6.98. The first-order valence-corrected chi connectivity index (χ1v) is 8.82. The Labute approximate surface area is 154 Å². The molecule has 4 rings (SSSR count). The largest absolute Gasteiger partial charge is 0.507 e. The molecule has 2 heterocycles. The van der Waals surface area contributed by atoms with E-state index in [1.165, 1.54) is 6.07 Å². The smallest absolute Gasteiger partial charge is 0.161 e. The van der Waals surface area contributed by atoms with Crippen LogP contribution in [-0.4, -0.2) is 27.9 Å². The molecule has 136 valence electrons. The van der Waals surface area contributed by atoms with E-state index in [-0.39, 0.29) is 5.75 Å². The second kappa shape index (κ2) is 6.85. The van der Waals surface area contributed by atoms with Gasteiger partial charge in [-0.15, -0.1) is 0 Å². The van der Waals surface area contributed by atoms with Crippen molar-refractivity contribution in [2.24, 2.45) is 5.92 Å². The van der Waals surface area contributed by atoms with Gasteiger partial charge in [0.1, 0.15) is 11.6 Å². The SMILES string of the molecule is Oc1cc(Cl)ccc1-c1nc2cc(F)c(F)cc2n1CC1CCOCC1. The summed E-state index contributed by atoms with van der Waals surface area (Å²) in [5.41, 5.74) is 1.32. The Bertz CT molecular complexity index is 968. The maximum Gasteiger partial charge on any atom is 0.161 e. The van der Waals surface area contributed by atoms with E-state index in [1.54, 1.807) is 12.1 Å². The van der Waals surface area contributed by atoms with Gasteiger partial charge in [-0.2, -0.15) is 0 Å². The van der Waals surface area contributed by atoms with Crippen molar-refractivity contribution in [1.29, 1.82) is 0 Å². The van der Waals surface area contributed by atoms with Crippen molar-refractivity contribution in [3.8, 4) is 17.1 Å². The van der Waals surface area contributed by atoms with Gasteiger partial charge >= 0.3 is 0 Å². The molecule has 0 unspecified atom stereocenters. The highest BCUT2D eigenvalue weighted by atomic mass is 35.5. The van der Waals surface area contributed by atoms with Gasteiger partial charge in [0, 0.05) is 36.9 Å². The van der Waals surface area contributed by atoms with E-state index in [2.05, 4.69) is 4.98 Å². The van der Waals surface area contributed by atoms with Gasteiger partial charge in [0.05, 0.1) is 16.6 Å². The summed E-state index contributed by atoms with van der Waals surface area (Å²) >= 11 is 5.92. The van der Waals surface area contributed by atoms with Crippen LogP contribution in [0.4, 0.5) is 8.78 Å². The molecule has 0 radical (unpaired) electrons. The average Bonchev–Trinajstić information content (AvgIpc) is 2.94. The van der Waals surface area contributed by atoms with Gasteiger partial charge in [-0.25, -0.2) is 13.8 Å². The van der Waals surface area contributed by atoms with Crippen LogP contribution in [-0.2, 0) is 11.3 Å². The van der Waals surface area contributed by atoms with Crippen molar-refractivity contribution in [1.82, 2.24) is 9.55 Å². The summed E-state index contributed by atoms with van der Waals surface area (Å²) < 4.78 is 34.8. The number of nitrogens with zero attached hydrogens (tertiary/aromatic N) is 2. The average molecular weight is 379 g/mol. The highest BCUT2D eigenvalue weighted by molar-refractivity contribution is 6.30. The van der Waals surface area contributed by atoms with Gasteiger partial charge in [-0.1, -0.05) is 11.6 Å². The van der Waals surface area contributed by atoms with E-state index in [1.807, 2.05) is 4.57 Å². The standard InChI is InChI=1S/C19H17ClF2N2O2/c20-12-1-2-13(18(25)7-12)19-23-16-8-14(21)15(22)9-17(16)24(19)10-11-3-5-26-6-4-11/h1-2,7-9,11,25H,3-6,10H2. The van der Waals surface area contributed by atoms with Crippen LogP contribution in [0.1, 0.15) is 12.8 Å². The van der Waals surface area contributed by atoms with E-state index >= 15 is 0 Å². The molecular weight excluding hydrogens is 362 g/mol. The molecule has 1 aromatic heterocycles. The summed E-state index contributed by atoms with van der Waals surface area (Å²) in [5.74, 6) is -1.09. The number of imidazole rings is 1.